The molecular weight excluding hydrogens is 577 g/mol. The molecule has 234 valence electrons. The van der Waals surface area contributed by atoms with Crippen molar-refractivity contribution in [1.29, 1.82) is 0 Å². The smallest absolute Gasteiger partial charge is 0.400 e. The third-order valence-corrected chi connectivity index (χ3v) is 6.47. The third kappa shape index (κ3) is 10.6. The third-order valence-electron chi connectivity index (χ3n) is 5.97. The van der Waals surface area contributed by atoms with Crippen LogP contribution in [0.1, 0.15) is 19.4 Å². The van der Waals surface area contributed by atoms with Gasteiger partial charge in [0, 0.05) is 6.92 Å². The fourth-order valence-corrected chi connectivity index (χ4v) is 4.24. The quantitative estimate of drug-likeness (QED) is 0.113. The van der Waals surface area contributed by atoms with Crippen LogP contribution in [0.5, 0.6) is 5.75 Å². The van der Waals surface area contributed by atoms with Gasteiger partial charge in [0.25, 0.3) is 0 Å². The molecule has 2 unspecified atom stereocenters. The lowest BCUT2D eigenvalue weighted by molar-refractivity contribution is -0.260. The minimum absolute atomic E-state index is 0.0606. The number of hydrogen-bond acceptors (Lipinski definition) is 12. The Morgan fingerprint density at radius 3 is 2.24 bits per heavy atom. The number of hydroxylamine groups is 1. The summed E-state index contributed by atoms with van der Waals surface area (Å²) in [5.74, 6) is -0.676. The number of benzene rings is 2. The molecule has 0 bridgehead atoms. The summed E-state index contributed by atoms with van der Waals surface area (Å²) < 4.78 is 30.7. The van der Waals surface area contributed by atoms with E-state index in [-0.39, 0.29) is 6.61 Å². The van der Waals surface area contributed by atoms with Gasteiger partial charge >= 0.3 is 13.7 Å². The van der Waals surface area contributed by atoms with Crippen LogP contribution in [0.2, 0.25) is 0 Å². The molecule has 7 atom stereocenters. The molecule has 0 spiro atoms. The number of carbonyl (C=O) groups excluding carboxylic acids is 2. The molecule has 1 fully saturated rings. The summed E-state index contributed by atoms with van der Waals surface area (Å²) in [4.78, 5) is 38.0. The van der Waals surface area contributed by atoms with Crippen LogP contribution in [0.25, 0.3) is 0 Å². The second-order valence-electron chi connectivity index (χ2n) is 9.07. The predicted molar refractivity (Wildman–Crippen MR) is 149 cm³/mol. The molecule has 15 nitrogen and oxygen atoms in total. The van der Waals surface area contributed by atoms with Crippen LogP contribution < -0.4 is 20.6 Å². The normalized spacial score (nSPS) is 23.8. The number of esters is 1. The Kier molecular flexibility index (Phi) is 13.8. The molecule has 1 amide bonds. The average molecular weight is 616 g/mol. The van der Waals surface area contributed by atoms with Gasteiger partial charge in [0.15, 0.2) is 18.4 Å². The molecular formula is C26H38N3O12P. The van der Waals surface area contributed by atoms with E-state index in [2.05, 4.69) is 9.84 Å². The van der Waals surface area contributed by atoms with Crippen molar-refractivity contribution in [3.63, 3.8) is 0 Å². The highest BCUT2D eigenvalue weighted by molar-refractivity contribution is 7.50. The van der Waals surface area contributed by atoms with Crippen molar-refractivity contribution in [2.24, 2.45) is 5.50 Å². The Morgan fingerprint density at radius 1 is 1.12 bits per heavy atom. The molecule has 2 aromatic carbocycles. The van der Waals surface area contributed by atoms with Gasteiger partial charge in [-0.05, 0) is 36.8 Å². The molecule has 1 aliphatic heterocycles. The first-order valence-electron chi connectivity index (χ1n) is 12.7. The molecule has 2 aromatic rings. The maximum Gasteiger partial charge on any atom is 0.400 e. The number of carbonyl (C=O) groups is 2. The number of nitrogens with one attached hydrogen (secondary N) is 1. The molecule has 0 aromatic heterocycles. The first-order valence-corrected chi connectivity index (χ1v) is 14.3. The van der Waals surface area contributed by atoms with Crippen LogP contribution in [-0.4, -0.2) is 89.6 Å². The SMILES string of the molecule is COc1ccc(N(OC)[C@@H](C)C(=O)O[C@H]2[C@H](O)[C@@H](NC(C)=O)C(O)O[C@@H]2CO)cc1.NP(=O)(O)OCc1ccccc1. The van der Waals surface area contributed by atoms with E-state index in [1.165, 1.54) is 33.1 Å². The number of ether oxygens (including phenoxy) is 3. The van der Waals surface area contributed by atoms with E-state index in [1.54, 1.807) is 36.4 Å². The van der Waals surface area contributed by atoms with Gasteiger partial charge in [0.1, 0.15) is 24.0 Å². The zero-order valence-electron chi connectivity index (χ0n) is 23.6. The highest BCUT2D eigenvalue weighted by atomic mass is 31.2. The van der Waals surface area contributed by atoms with Crippen molar-refractivity contribution >= 4 is 25.3 Å². The number of amides is 1. The van der Waals surface area contributed by atoms with E-state index < -0.39 is 62.9 Å². The van der Waals surface area contributed by atoms with Crippen molar-refractivity contribution in [3.8, 4) is 5.75 Å². The van der Waals surface area contributed by atoms with E-state index in [0.717, 1.165) is 5.56 Å². The summed E-state index contributed by atoms with van der Waals surface area (Å²) in [6, 6.07) is 13.6. The van der Waals surface area contributed by atoms with Crippen molar-refractivity contribution in [1.82, 2.24) is 5.32 Å². The first-order chi connectivity index (χ1) is 19.8. The van der Waals surface area contributed by atoms with E-state index >= 15 is 0 Å². The maximum atomic E-state index is 12.8. The minimum atomic E-state index is -3.83. The maximum absolute atomic E-state index is 12.8. The molecule has 0 radical (unpaired) electrons. The van der Waals surface area contributed by atoms with Gasteiger partial charge in [-0.15, -0.1) is 0 Å². The molecule has 42 heavy (non-hydrogen) atoms. The van der Waals surface area contributed by atoms with Crippen molar-refractivity contribution in [3.05, 3.63) is 60.2 Å². The Morgan fingerprint density at radius 2 is 1.74 bits per heavy atom. The summed E-state index contributed by atoms with van der Waals surface area (Å²) in [6.07, 6.45) is -5.61. The molecule has 0 saturated carbocycles. The fourth-order valence-electron chi connectivity index (χ4n) is 3.90. The summed E-state index contributed by atoms with van der Waals surface area (Å²) in [7, 11) is -0.919. The van der Waals surface area contributed by atoms with Crippen LogP contribution in [0, 0.1) is 0 Å². The lowest BCUT2D eigenvalue weighted by Gasteiger charge is -2.42. The number of nitrogens with two attached hydrogens (primary N) is 1. The van der Waals surface area contributed by atoms with Crippen LogP contribution in [-0.2, 0) is 39.6 Å². The van der Waals surface area contributed by atoms with E-state index in [9.17, 15) is 29.5 Å². The number of rotatable bonds is 11. The van der Waals surface area contributed by atoms with Gasteiger partial charge in [-0.25, -0.2) is 19.9 Å². The average Bonchev–Trinajstić information content (AvgIpc) is 2.96. The number of aliphatic hydroxyl groups excluding tert-OH is 3. The summed E-state index contributed by atoms with van der Waals surface area (Å²) in [6.45, 7) is 2.16. The fraction of sp³-hybridized carbons (Fsp3) is 0.462. The number of aliphatic hydroxyl groups is 3. The molecule has 1 saturated heterocycles. The van der Waals surface area contributed by atoms with Crippen molar-refractivity contribution in [2.45, 2.75) is 57.1 Å². The van der Waals surface area contributed by atoms with Crippen LogP contribution in [0.3, 0.4) is 0 Å². The number of hydrogen-bond donors (Lipinski definition) is 6. The number of nitrogens with zero attached hydrogens (tertiary/aromatic N) is 1. The van der Waals surface area contributed by atoms with Gasteiger partial charge in [0.2, 0.25) is 5.91 Å². The monoisotopic (exact) mass is 615 g/mol. The van der Waals surface area contributed by atoms with E-state index in [0.29, 0.717) is 11.4 Å². The van der Waals surface area contributed by atoms with Gasteiger partial charge in [-0.2, -0.15) is 0 Å². The molecule has 1 heterocycles. The lowest BCUT2D eigenvalue weighted by Crippen LogP contribution is -2.65. The van der Waals surface area contributed by atoms with Gasteiger partial charge in [-0.1, -0.05) is 30.3 Å². The van der Waals surface area contributed by atoms with Crippen LogP contribution >= 0.6 is 7.75 Å². The van der Waals surface area contributed by atoms with Crippen LogP contribution in [0.15, 0.2) is 54.6 Å². The van der Waals surface area contributed by atoms with E-state index in [4.69, 9.17) is 29.4 Å². The molecule has 3 rings (SSSR count). The lowest BCUT2D eigenvalue weighted by atomic mass is 9.96. The number of anilines is 1. The summed E-state index contributed by atoms with van der Waals surface area (Å²) >= 11 is 0. The van der Waals surface area contributed by atoms with Crippen molar-refractivity contribution in [2.75, 3.05) is 25.9 Å². The topological polar surface area (TPSA) is 220 Å². The first kappa shape index (κ1) is 35.1. The Bertz CT molecular complexity index is 1170. The Hall–Kier alpha value is -3.11. The Labute approximate surface area is 243 Å². The zero-order chi connectivity index (χ0) is 31.4. The molecule has 7 N–H and O–H groups in total. The van der Waals surface area contributed by atoms with Gasteiger partial charge in [-0.3, -0.25) is 14.2 Å². The van der Waals surface area contributed by atoms with Gasteiger partial charge in [0.05, 0.1) is 33.1 Å². The predicted octanol–water partition coefficient (Wildman–Crippen LogP) is 0.201. The molecule has 0 aliphatic carbocycles. The summed E-state index contributed by atoms with van der Waals surface area (Å²) in [5, 5.41) is 33.7. The highest BCUT2D eigenvalue weighted by Crippen LogP contribution is 2.32. The van der Waals surface area contributed by atoms with E-state index in [1.807, 2.05) is 18.2 Å². The number of methoxy groups -OCH3 is 1. The van der Waals surface area contributed by atoms with Crippen LogP contribution in [0.4, 0.5) is 5.69 Å². The molecule has 1 aliphatic rings. The van der Waals surface area contributed by atoms with Crippen molar-refractivity contribution < 1.29 is 57.9 Å². The van der Waals surface area contributed by atoms with Gasteiger partial charge < -0.3 is 39.7 Å². The molecule has 16 heteroatoms. The Balaban J connectivity index is 0.000000428. The largest absolute Gasteiger partial charge is 0.497 e. The zero-order valence-corrected chi connectivity index (χ0v) is 24.5. The minimum Gasteiger partial charge on any atom is -0.497 e. The second-order valence-corrected chi connectivity index (χ2v) is 10.5. The highest BCUT2D eigenvalue weighted by Gasteiger charge is 2.47. The summed E-state index contributed by atoms with van der Waals surface area (Å²) in [5.41, 5.74) is 6.14. The second kappa shape index (κ2) is 16.5. The standard InChI is InChI=1S/C19H28N2O9.C7H10NO3P/c1-10(21(28-4)12-5-7-13(27-3)8-6-12)18(25)30-17-14(9-22)29-19(26)15(16(17)24)20-11(2)23;8-12(9,10)11-6-7-4-2-1-3-5-7/h5-8,10,14-17,19,22,24,26H,9H2,1-4H3,(H,20,23);1-5H,6H2,(H3,8,9,10)/t10-,14+,15+,16+,17+,19?;/m0./s1.